The lowest BCUT2D eigenvalue weighted by atomic mass is 9.83. The number of hydrogen-bond acceptors (Lipinski definition) is 2. The highest BCUT2D eigenvalue weighted by molar-refractivity contribution is 9.10. The van der Waals surface area contributed by atoms with E-state index in [9.17, 15) is 9.59 Å². The van der Waals surface area contributed by atoms with Gasteiger partial charge in [-0.15, -0.1) is 0 Å². The molecule has 2 aliphatic rings. The van der Waals surface area contributed by atoms with Crippen LogP contribution >= 0.6 is 15.9 Å². The Kier molecular flexibility index (Phi) is 2.81. The van der Waals surface area contributed by atoms with E-state index in [1.165, 1.54) is 0 Å². The van der Waals surface area contributed by atoms with Gasteiger partial charge in [-0.3, -0.25) is 9.59 Å². The molecule has 2 aliphatic heterocycles. The highest BCUT2D eigenvalue weighted by atomic mass is 79.9. The van der Waals surface area contributed by atoms with Crippen LogP contribution in [0.3, 0.4) is 0 Å². The summed E-state index contributed by atoms with van der Waals surface area (Å²) in [5.74, 6) is 0.823. The first-order valence-electron chi connectivity index (χ1n) is 6.21. The number of amides is 1. The van der Waals surface area contributed by atoms with E-state index in [0.29, 0.717) is 5.92 Å². The zero-order chi connectivity index (χ0) is 12.9. The number of aromatic nitrogens is 1. The minimum Gasteiger partial charge on any atom is -0.342 e. The Morgan fingerprint density at radius 2 is 2.11 bits per heavy atom. The smallest absolute Gasteiger partial charge is 0.250 e. The van der Waals surface area contributed by atoms with E-state index >= 15 is 0 Å². The standard InChI is InChI=1S/C13H15BrN2O2/c1-8(17)15-5-9-4-10(7-15)13-11(14)2-3-12(18)16(13)6-9/h2-3,9-10H,4-7H2,1H3/t9-,10+/m0/s1. The third-order valence-electron chi connectivity index (χ3n) is 3.98. The van der Waals surface area contributed by atoms with E-state index in [-0.39, 0.29) is 17.4 Å². The molecule has 18 heavy (non-hydrogen) atoms. The second-order valence-corrected chi connectivity index (χ2v) is 6.09. The zero-order valence-corrected chi connectivity index (χ0v) is 11.8. The van der Waals surface area contributed by atoms with Gasteiger partial charge in [-0.05, 0) is 34.3 Å². The van der Waals surface area contributed by atoms with E-state index in [0.717, 1.165) is 36.2 Å². The number of piperidine rings is 1. The van der Waals surface area contributed by atoms with Crippen LogP contribution in [0.2, 0.25) is 0 Å². The predicted octanol–water partition coefficient (Wildman–Crippen LogP) is 1.58. The molecule has 0 aliphatic carbocycles. The fourth-order valence-electron chi connectivity index (χ4n) is 3.22. The Morgan fingerprint density at radius 1 is 1.33 bits per heavy atom. The molecule has 2 atom stereocenters. The average Bonchev–Trinajstić information content (AvgIpc) is 2.33. The van der Waals surface area contributed by atoms with Crippen molar-refractivity contribution in [2.45, 2.75) is 25.8 Å². The van der Waals surface area contributed by atoms with Crippen molar-refractivity contribution in [1.29, 1.82) is 0 Å². The Morgan fingerprint density at radius 3 is 2.83 bits per heavy atom. The van der Waals surface area contributed by atoms with Gasteiger partial charge in [0.15, 0.2) is 0 Å². The molecule has 3 heterocycles. The first kappa shape index (κ1) is 12.0. The minimum absolute atomic E-state index is 0.0687. The molecule has 3 rings (SSSR count). The summed E-state index contributed by atoms with van der Waals surface area (Å²) in [4.78, 5) is 25.4. The lowest BCUT2D eigenvalue weighted by Gasteiger charge is -2.42. The third-order valence-corrected chi connectivity index (χ3v) is 4.65. The van der Waals surface area contributed by atoms with E-state index in [1.807, 2.05) is 15.5 Å². The summed E-state index contributed by atoms with van der Waals surface area (Å²) in [6, 6.07) is 3.43. The van der Waals surface area contributed by atoms with Crippen molar-refractivity contribution >= 4 is 21.8 Å². The molecular formula is C13H15BrN2O2. The first-order chi connectivity index (χ1) is 8.56. The fourth-order valence-corrected chi connectivity index (χ4v) is 3.89. The van der Waals surface area contributed by atoms with Gasteiger partial charge in [0.2, 0.25) is 5.91 Å². The van der Waals surface area contributed by atoms with Crippen molar-refractivity contribution < 1.29 is 4.79 Å². The number of fused-ring (bicyclic) bond motifs is 4. The maximum atomic E-state index is 11.9. The van der Waals surface area contributed by atoms with Crippen LogP contribution in [0.4, 0.5) is 0 Å². The number of halogens is 1. The lowest BCUT2D eigenvalue weighted by molar-refractivity contribution is -0.131. The normalized spacial score (nSPS) is 25.8. The van der Waals surface area contributed by atoms with Crippen LogP contribution in [0.5, 0.6) is 0 Å². The summed E-state index contributed by atoms with van der Waals surface area (Å²) in [6.07, 6.45) is 1.08. The van der Waals surface area contributed by atoms with Crippen molar-refractivity contribution in [3.63, 3.8) is 0 Å². The molecule has 0 N–H and O–H groups in total. The number of hydrogen-bond donors (Lipinski definition) is 0. The molecule has 1 saturated heterocycles. The van der Waals surface area contributed by atoms with Crippen LogP contribution in [-0.4, -0.2) is 28.5 Å². The highest BCUT2D eigenvalue weighted by Gasteiger charge is 2.36. The van der Waals surface area contributed by atoms with Gasteiger partial charge in [-0.2, -0.15) is 0 Å². The molecule has 0 saturated carbocycles. The molecule has 1 fully saturated rings. The van der Waals surface area contributed by atoms with Crippen molar-refractivity contribution in [3.05, 3.63) is 32.7 Å². The van der Waals surface area contributed by atoms with Gasteiger partial charge >= 0.3 is 0 Å². The molecule has 0 unspecified atom stereocenters. The molecule has 1 aromatic heterocycles. The summed E-state index contributed by atoms with van der Waals surface area (Å²) in [5.41, 5.74) is 1.13. The lowest BCUT2D eigenvalue weighted by Crippen LogP contribution is -2.48. The van der Waals surface area contributed by atoms with Gasteiger partial charge in [0.1, 0.15) is 0 Å². The average molecular weight is 311 g/mol. The Bertz CT molecular complexity index is 567. The third kappa shape index (κ3) is 1.81. The summed E-state index contributed by atoms with van der Waals surface area (Å²) >= 11 is 3.54. The maximum absolute atomic E-state index is 11.9. The molecule has 0 aromatic carbocycles. The van der Waals surface area contributed by atoms with Crippen molar-refractivity contribution in [2.75, 3.05) is 13.1 Å². The Hall–Kier alpha value is -1.10. The fraction of sp³-hybridized carbons (Fsp3) is 0.538. The summed E-state index contributed by atoms with van der Waals surface area (Å²) in [5, 5.41) is 0. The van der Waals surface area contributed by atoms with Crippen LogP contribution in [0.25, 0.3) is 0 Å². The molecule has 0 radical (unpaired) electrons. The van der Waals surface area contributed by atoms with E-state index in [1.54, 1.807) is 13.0 Å². The van der Waals surface area contributed by atoms with Gasteiger partial charge < -0.3 is 9.47 Å². The summed E-state index contributed by atoms with van der Waals surface area (Å²) in [6.45, 7) is 3.86. The molecular weight excluding hydrogens is 296 g/mol. The SMILES string of the molecule is CC(=O)N1C[C@@H]2C[C@H](C1)c1c(Br)ccc(=O)n1C2. The highest BCUT2D eigenvalue weighted by Crippen LogP contribution is 2.38. The summed E-state index contributed by atoms with van der Waals surface area (Å²) < 4.78 is 2.86. The number of nitrogens with zero attached hydrogens (tertiary/aromatic N) is 2. The minimum atomic E-state index is 0.0687. The van der Waals surface area contributed by atoms with Gasteiger partial charge in [0.05, 0.1) is 0 Å². The number of carbonyl (C=O) groups excluding carboxylic acids is 1. The van der Waals surface area contributed by atoms with Crippen LogP contribution in [0, 0.1) is 5.92 Å². The Labute approximate surface area is 114 Å². The van der Waals surface area contributed by atoms with Crippen molar-refractivity contribution in [2.24, 2.45) is 5.92 Å². The summed E-state index contributed by atoms with van der Waals surface area (Å²) in [7, 11) is 0. The van der Waals surface area contributed by atoms with Crippen molar-refractivity contribution in [1.82, 2.24) is 9.47 Å². The molecule has 5 heteroatoms. The van der Waals surface area contributed by atoms with Gasteiger partial charge in [0, 0.05) is 48.7 Å². The monoisotopic (exact) mass is 310 g/mol. The van der Waals surface area contributed by atoms with Gasteiger partial charge in [-0.1, -0.05) is 0 Å². The number of likely N-dealkylation sites (tertiary alicyclic amines) is 1. The quantitative estimate of drug-likeness (QED) is 0.730. The number of rotatable bonds is 0. The van der Waals surface area contributed by atoms with Crippen LogP contribution in [0.1, 0.15) is 25.0 Å². The topological polar surface area (TPSA) is 42.3 Å². The molecule has 0 spiro atoms. The predicted molar refractivity (Wildman–Crippen MR) is 71.5 cm³/mol. The number of pyridine rings is 1. The molecule has 96 valence electrons. The first-order valence-corrected chi connectivity index (χ1v) is 7.00. The van der Waals surface area contributed by atoms with Crippen molar-refractivity contribution in [3.8, 4) is 0 Å². The Balaban J connectivity index is 2.06. The van der Waals surface area contributed by atoms with Gasteiger partial charge in [-0.25, -0.2) is 0 Å². The molecule has 1 amide bonds. The molecule has 4 nitrogen and oxygen atoms in total. The van der Waals surface area contributed by atoms with E-state index < -0.39 is 0 Å². The largest absolute Gasteiger partial charge is 0.342 e. The molecule has 1 aromatic rings. The maximum Gasteiger partial charge on any atom is 0.250 e. The second kappa shape index (κ2) is 4.23. The van der Waals surface area contributed by atoms with Crippen LogP contribution in [0.15, 0.2) is 21.4 Å². The van der Waals surface area contributed by atoms with Crippen LogP contribution < -0.4 is 5.56 Å². The van der Waals surface area contributed by atoms with E-state index in [2.05, 4.69) is 15.9 Å². The van der Waals surface area contributed by atoms with Gasteiger partial charge in [0.25, 0.3) is 5.56 Å². The molecule has 2 bridgehead atoms. The second-order valence-electron chi connectivity index (χ2n) is 5.24. The van der Waals surface area contributed by atoms with Crippen LogP contribution in [-0.2, 0) is 11.3 Å². The zero-order valence-electron chi connectivity index (χ0n) is 10.2. The van der Waals surface area contributed by atoms with E-state index in [4.69, 9.17) is 0 Å². The number of carbonyl (C=O) groups is 1.